The van der Waals surface area contributed by atoms with E-state index in [0.717, 1.165) is 48.4 Å². The Bertz CT molecular complexity index is 1100. The van der Waals surface area contributed by atoms with Crippen LogP contribution in [0.3, 0.4) is 0 Å². The van der Waals surface area contributed by atoms with Crippen molar-refractivity contribution in [3.8, 4) is 18.2 Å². The monoisotopic (exact) mass is 425 g/mol. The Kier molecular flexibility index (Phi) is 5.65. The van der Waals surface area contributed by atoms with Gasteiger partial charge in [0, 0.05) is 24.2 Å². The first kappa shape index (κ1) is 20.7. The second-order valence-electron chi connectivity index (χ2n) is 8.62. The van der Waals surface area contributed by atoms with Crippen LogP contribution in [-0.4, -0.2) is 39.1 Å². The van der Waals surface area contributed by atoms with E-state index in [9.17, 15) is 5.11 Å². The first-order valence-electron chi connectivity index (χ1n) is 11.2. The smallest absolute Gasteiger partial charge is 0.213 e. The van der Waals surface area contributed by atoms with Crippen LogP contribution < -0.4 is 4.74 Å². The summed E-state index contributed by atoms with van der Waals surface area (Å²) >= 11 is 0. The molecule has 1 aromatic carbocycles. The van der Waals surface area contributed by atoms with Crippen molar-refractivity contribution in [2.75, 3.05) is 13.1 Å². The molecule has 1 N–H and O–H groups in total. The second-order valence-corrected chi connectivity index (χ2v) is 8.62. The Hall–Kier alpha value is -3.20. The number of hydrogen-bond donors (Lipinski definition) is 1. The van der Waals surface area contributed by atoms with E-state index >= 15 is 0 Å². The fourth-order valence-corrected chi connectivity index (χ4v) is 5.18. The molecule has 6 rings (SSSR count). The van der Waals surface area contributed by atoms with Crippen LogP contribution in [-0.2, 0) is 18.6 Å². The molecule has 1 unspecified atom stereocenters. The average molecular weight is 426 g/mol. The molecule has 0 aliphatic carbocycles. The largest absolute Gasteiger partial charge is 0.471 e. The second kappa shape index (κ2) is 8.74. The van der Waals surface area contributed by atoms with E-state index < -0.39 is 5.60 Å². The highest BCUT2D eigenvalue weighted by atomic mass is 16.5. The summed E-state index contributed by atoms with van der Waals surface area (Å²) < 4.78 is 5.95. The van der Waals surface area contributed by atoms with Gasteiger partial charge in [-0.05, 0) is 55.6 Å². The summed E-state index contributed by atoms with van der Waals surface area (Å²) in [6, 6.07) is 19.4. The molecular weight excluding hydrogens is 398 g/mol. The van der Waals surface area contributed by atoms with Gasteiger partial charge in [0.25, 0.3) is 0 Å². The molecule has 3 aliphatic rings. The van der Waals surface area contributed by atoms with Gasteiger partial charge in [-0.3, -0.25) is 9.88 Å². The molecule has 0 saturated carbocycles. The van der Waals surface area contributed by atoms with Crippen LogP contribution in [0.25, 0.3) is 0 Å². The molecule has 0 spiro atoms. The number of terminal acetylenes is 1. The number of aromatic nitrogens is 2. The van der Waals surface area contributed by atoms with E-state index in [1.165, 1.54) is 0 Å². The Labute approximate surface area is 189 Å². The first-order valence-corrected chi connectivity index (χ1v) is 11.2. The predicted octanol–water partition coefficient (Wildman–Crippen LogP) is 3.56. The van der Waals surface area contributed by atoms with Crippen molar-refractivity contribution in [1.82, 2.24) is 14.9 Å². The topological polar surface area (TPSA) is 58.5 Å². The van der Waals surface area contributed by atoms with Gasteiger partial charge in [0.15, 0.2) is 0 Å². The zero-order valence-electron chi connectivity index (χ0n) is 18.0. The number of piperidine rings is 3. The number of rotatable bonds is 6. The van der Waals surface area contributed by atoms with Crippen LogP contribution >= 0.6 is 0 Å². The zero-order valence-corrected chi connectivity index (χ0v) is 18.0. The van der Waals surface area contributed by atoms with Gasteiger partial charge in [-0.15, -0.1) is 6.42 Å². The number of fused-ring (bicyclic) bond motifs is 3. The summed E-state index contributed by atoms with van der Waals surface area (Å²) in [6.07, 6.45) is 10.2. The summed E-state index contributed by atoms with van der Waals surface area (Å²) in [6.45, 7) is 2.22. The van der Waals surface area contributed by atoms with Crippen LogP contribution in [0.4, 0.5) is 0 Å². The van der Waals surface area contributed by atoms with E-state index in [4.69, 9.17) is 16.1 Å². The zero-order chi connectivity index (χ0) is 22.0. The highest BCUT2D eigenvalue weighted by Gasteiger charge is 2.54. The third-order valence-electron chi connectivity index (χ3n) is 6.78. The fraction of sp³-hybridized carbons (Fsp3) is 0.333. The number of pyridine rings is 2. The van der Waals surface area contributed by atoms with Crippen molar-refractivity contribution in [2.24, 2.45) is 5.92 Å². The Morgan fingerprint density at radius 3 is 2.56 bits per heavy atom. The lowest BCUT2D eigenvalue weighted by Gasteiger charge is -2.54. The molecule has 32 heavy (non-hydrogen) atoms. The first-order chi connectivity index (χ1) is 15.7. The summed E-state index contributed by atoms with van der Waals surface area (Å²) in [4.78, 5) is 11.4. The minimum Gasteiger partial charge on any atom is -0.471 e. The fourth-order valence-electron chi connectivity index (χ4n) is 5.18. The Morgan fingerprint density at radius 2 is 1.84 bits per heavy atom. The molecule has 162 valence electrons. The van der Waals surface area contributed by atoms with Gasteiger partial charge in [0.1, 0.15) is 18.2 Å². The van der Waals surface area contributed by atoms with Crippen LogP contribution in [0.2, 0.25) is 0 Å². The van der Waals surface area contributed by atoms with Crippen molar-refractivity contribution >= 4 is 0 Å². The van der Waals surface area contributed by atoms with Crippen LogP contribution in [0.1, 0.15) is 35.4 Å². The summed E-state index contributed by atoms with van der Waals surface area (Å²) in [5.41, 5.74) is 2.49. The maximum atomic E-state index is 12.1. The standard InChI is InChI=1S/C27H27N3O2/c1-2-25-27(31,21-13-16-30(25)17-14-21)23-11-12-26(32-19-22-10-6-7-15-28-22)29-24(23)18-20-8-4-3-5-9-20/h1,3-12,15,21,25,31H,13-14,16-19H2/t25?,27-/m1/s1. The molecule has 3 fully saturated rings. The summed E-state index contributed by atoms with van der Waals surface area (Å²) in [7, 11) is 0. The molecule has 0 radical (unpaired) electrons. The quantitative estimate of drug-likeness (QED) is 0.612. The maximum absolute atomic E-state index is 12.1. The molecular formula is C27H27N3O2. The van der Waals surface area contributed by atoms with Crippen LogP contribution in [0.5, 0.6) is 5.88 Å². The summed E-state index contributed by atoms with van der Waals surface area (Å²) in [5.74, 6) is 3.54. The van der Waals surface area contributed by atoms with Crippen molar-refractivity contribution in [2.45, 2.75) is 37.5 Å². The molecule has 2 atom stereocenters. The van der Waals surface area contributed by atoms with Gasteiger partial charge >= 0.3 is 0 Å². The SMILES string of the molecule is C#CC1N2CCC(CC2)[C@@]1(O)c1ccc(OCc2ccccn2)nc1Cc1ccccc1. The molecule has 5 heterocycles. The van der Waals surface area contributed by atoms with Crippen molar-refractivity contribution in [3.05, 3.63) is 89.4 Å². The van der Waals surface area contributed by atoms with E-state index in [0.29, 0.717) is 18.9 Å². The molecule has 0 amide bonds. The van der Waals surface area contributed by atoms with Gasteiger partial charge in [-0.1, -0.05) is 42.3 Å². The lowest BCUT2D eigenvalue weighted by Crippen LogP contribution is -2.63. The summed E-state index contributed by atoms with van der Waals surface area (Å²) in [5, 5.41) is 12.1. The van der Waals surface area contributed by atoms with E-state index in [1.807, 2.05) is 48.5 Å². The number of benzene rings is 1. The molecule has 2 aromatic heterocycles. The lowest BCUT2D eigenvalue weighted by molar-refractivity contribution is -0.143. The number of aliphatic hydroxyl groups is 1. The molecule has 3 aliphatic heterocycles. The molecule has 3 saturated heterocycles. The average Bonchev–Trinajstić information content (AvgIpc) is 2.85. The van der Waals surface area contributed by atoms with Crippen molar-refractivity contribution in [1.29, 1.82) is 0 Å². The number of ether oxygens (including phenoxy) is 1. The molecule has 5 heteroatoms. The highest BCUT2D eigenvalue weighted by Crippen LogP contribution is 2.47. The lowest BCUT2D eigenvalue weighted by atomic mass is 9.66. The van der Waals surface area contributed by atoms with Crippen molar-refractivity contribution < 1.29 is 9.84 Å². The normalized spacial score (nSPS) is 26.4. The minimum absolute atomic E-state index is 0.130. The van der Waals surface area contributed by atoms with E-state index in [-0.39, 0.29) is 12.0 Å². The number of nitrogens with zero attached hydrogens (tertiary/aromatic N) is 3. The molecule has 2 bridgehead atoms. The molecule has 3 aromatic rings. The van der Waals surface area contributed by atoms with Gasteiger partial charge in [0.05, 0.1) is 11.4 Å². The van der Waals surface area contributed by atoms with Crippen molar-refractivity contribution in [3.63, 3.8) is 0 Å². The predicted molar refractivity (Wildman–Crippen MR) is 123 cm³/mol. The Balaban J connectivity index is 1.52. The third kappa shape index (κ3) is 3.77. The van der Waals surface area contributed by atoms with Gasteiger partial charge in [-0.2, -0.15) is 0 Å². The van der Waals surface area contributed by atoms with Gasteiger partial charge in [0.2, 0.25) is 5.88 Å². The van der Waals surface area contributed by atoms with Crippen LogP contribution in [0, 0.1) is 18.3 Å². The molecule has 5 nitrogen and oxygen atoms in total. The van der Waals surface area contributed by atoms with Gasteiger partial charge in [-0.25, -0.2) is 4.98 Å². The highest BCUT2D eigenvalue weighted by molar-refractivity contribution is 5.39. The van der Waals surface area contributed by atoms with E-state index in [1.54, 1.807) is 6.20 Å². The maximum Gasteiger partial charge on any atom is 0.213 e. The Morgan fingerprint density at radius 1 is 1.06 bits per heavy atom. The van der Waals surface area contributed by atoms with Crippen LogP contribution in [0.15, 0.2) is 66.9 Å². The van der Waals surface area contributed by atoms with E-state index in [2.05, 4.69) is 27.9 Å². The third-order valence-corrected chi connectivity index (χ3v) is 6.78. The number of hydrogen-bond acceptors (Lipinski definition) is 5. The minimum atomic E-state index is -1.11. The van der Waals surface area contributed by atoms with Gasteiger partial charge < -0.3 is 9.84 Å².